The molecule has 0 aliphatic carbocycles. The van der Waals surface area contributed by atoms with E-state index >= 15 is 0 Å². The number of hydrogen-bond donors (Lipinski definition) is 0. The van der Waals surface area contributed by atoms with Gasteiger partial charge in [0.05, 0.1) is 11.5 Å². The first-order valence-electron chi connectivity index (χ1n) is 4.72. The van der Waals surface area contributed by atoms with Crippen molar-refractivity contribution in [1.29, 1.82) is 0 Å². The molecule has 12 heavy (non-hydrogen) atoms. The first-order valence-corrected chi connectivity index (χ1v) is 6.54. The molecule has 0 aromatic heterocycles. The molecule has 0 aromatic carbocycles. The molecule has 1 fully saturated rings. The molecule has 0 N–H and O–H groups in total. The highest BCUT2D eigenvalue weighted by Crippen LogP contribution is 2.25. The Morgan fingerprint density at radius 3 is 2.42 bits per heavy atom. The SMILES string of the molecule is CC(C)C1CCCS(=O)(=O)CC1. The molecular weight excluding hydrogens is 172 g/mol. The first kappa shape index (κ1) is 10.0. The van der Waals surface area contributed by atoms with Crippen LogP contribution in [-0.2, 0) is 9.84 Å². The van der Waals surface area contributed by atoms with Crippen LogP contribution in [0.5, 0.6) is 0 Å². The van der Waals surface area contributed by atoms with Crippen molar-refractivity contribution in [2.45, 2.75) is 33.1 Å². The lowest BCUT2D eigenvalue weighted by Crippen LogP contribution is -2.11. The quantitative estimate of drug-likeness (QED) is 0.632. The average Bonchev–Trinajstić information content (AvgIpc) is 2.10. The number of rotatable bonds is 1. The Kier molecular flexibility index (Phi) is 3.16. The molecule has 1 aliphatic rings. The van der Waals surface area contributed by atoms with Crippen molar-refractivity contribution in [2.75, 3.05) is 11.5 Å². The van der Waals surface area contributed by atoms with E-state index in [1.54, 1.807) is 0 Å². The molecule has 0 radical (unpaired) electrons. The Balaban J connectivity index is 2.56. The zero-order valence-electron chi connectivity index (χ0n) is 7.91. The maximum atomic E-state index is 11.2. The Labute approximate surface area is 75.3 Å². The van der Waals surface area contributed by atoms with Gasteiger partial charge in [-0.05, 0) is 31.1 Å². The molecule has 2 nitrogen and oxygen atoms in total. The van der Waals surface area contributed by atoms with Crippen molar-refractivity contribution in [3.05, 3.63) is 0 Å². The van der Waals surface area contributed by atoms with Crippen molar-refractivity contribution in [1.82, 2.24) is 0 Å². The second-order valence-electron chi connectivity index (χ2n) is 4.09. The summed E-state index contributed by atoms with van der Waals surface area (Å²) >= 11 is 0. The van der Waals surface area contributed by atoms with Gasteiger partial charge in [-0.1, -0.05) is 13.8 Å². The van der Waals surface area contributed by atoms with E-state index in [1.807, 2.05) is 0 Å². The molecule has 0 saturated carbocycles. The Hall–Kier alpha value is -0.0500. The molecular formula is C9H18O2S. The van der Waals surface area contributed by atoms with Gasteiger partial charge in [0.2, 0.25) is 0 Å². The second-order valence-corrected chi connectivity index (χ2v) is 6.39. The van der Waals surface area contributed by atoms with E-state index in [4.69, 9.17) is 0 Å². The first-order chi connectivity index (χ1) is 5.51. The molecule has 0 bridgehead atoms. The zero-order valence-corrected chi connectivity index (χ0v) is 8.73. The van der Waals surface area contributed by atoms with Crippen LogP contribution in [0, 0.1) is 11.8 Å². The third kappa shape index (κ3) is 2.77. The molecule has 1 unspecified atom stereocenters. The summed E-state index contributed by atoms with van der Waals surface area (Å²) in [7, 11) is -2.69. The zero-order chi connectivity index (χ0) is 9.19. The van der Waals surface area contributed by atoms with Gasteiger partial charge < -0.3 is 0 Å². The lowest BCUT2D eigenvalue weighted by Gasteiger charge is -2.16. The van der Waals surface area contributed by atoms with Gasteiger partial charge in [-0.3, -0.25) is 0 Å². The van der Waals surface area contributed by atoms with E-state index < -0.39 is 9.84 Å². The van der Waals surface area contributed by atoms with Gasteiger partial charge in [0, 0.05) is 0 Å². The Morgan fingerprint density at radius 1 is 1.17 bits per heavy atom. The minimum atomic E-state index is -2.69. The maximum Gasteiger partial charge on any atom is 0.150 e. The van der Waals surface area contributed by atoms with Gasteiger partial charge >= 0.3 is 0 Å². The van der Waals surface area contributed by atoms with Gasteiger partial charge in [0.15, 0.2) is 0 Å². The van der Waals surface area contributed by atoms with Crippen LogP contribution in [0.25, 0.3) is 0 Å². The second kappa shape index (κ2) is 3.77. The molecule has 1 atom stereocenters. The minimum absolute atomic E-state index is 0.413. The molecule has 1 aliphatic heterocycles. The third-order valence-electron chi connectivity index (χ3n) is 2.77. The topological polar surface area (TPSA) is 34.1 Å². The molecule has 3 heteroatoms. The fraction of sp³-hybridized carbons (Fsp3) is 1.00. The molecule has 0 amide bonds. The molecule has 0 spiro atoms. The van der Waals surface area contributed by atoms with Gasteiger partial charge in [-0.15, -0.1) is 0 Å². The standard InChI is InChI=1S/C9H18O2S/c1-8(2)9-4-3-6-12(10,11)7-5-9/h8-9H,3-7H2,1-2H3. The molecule has 1 rings (SSSR count). The van der Waals surface area contributed by atoms with Crippen LogP contribution in [0.2, 0.25) is 0 Å². The molecule has 1 saturated heterocycles. The lowest BCUT2D eigenvalue weighted by molar-refractivity contribution is 0.353. The fourth-order valence-electron chi connectivity index (χ4n) is 1.81. The van der Waals surface area contributed by atoms with E-state index in [-0.39, 0.29) is 0 Å². The predicted octanol–water partition coefficient (Wildman–Crippen LogP) is 1.86. The van der Waals surface area contributed by atoms with Crippen molar-refractivity contribution >= 4 is 9.84 Å². The van der Waals surface area contributed by atoms with E-state index in [0.29, 0.717) is 23.3 Å². The smallest absolute Gasteiger partial charge is 0.150 e. The van der Waals surface area contributed by atoms with Crippen LogP contribution >= 0.6 is 0 Å². The van der Waals surface area contributed by atoms with Gasteiger partial charge in [0.1, 0.15) is 9.84 Å². The van der Waals surface area contributed by atoms with Gasteiger partial charge in [-0.2, -0.15) is 0 Å². The number of hydrogen-bond acceptors (Lipinski definition) is 2. The van der Waals surface area contributed by atoms with E-state index in [0.717, 1.165) is 19.3 Å². The van der Waals surface area contributed by atoms with Crippen LogP contribution in [0.4, 0.5) is 0 Å². The third-order valence-corrected chi connectivity index (χ3v) is 4.54. The van der Waals surface area contributed by atoms with Crippen molar-refractivity contribution < 1.29 is 8.42 Å². The summed E-state index contributed by atoms with van der Waals surface area (Å²) in [6.45, 7) is 4.37. The highest BCUT2D eigenvalue weighted by atomic mass is 32.2. The van der Waals surface area contributed by atoms with Gasteiger partial charge in [-0.25, -0.2) is 8.42 Å². The van der Waals surface area contributed by atoms with Crippen molar-refractivity contribution in [3.8, 4) is 0 Å². The average molecular weight is 190 g/mol. The van der Waals surface area contributed by atoms with E-state index in [9.17, 15) is 8.42 Å². The monoisotopic (exact) mass is 190 g/mol. The van der Waals surface area contributed by atoms with Gasteiger partial charge in [0.25, 0.3) is 0 Å². The highest BCUT2D eigenvalue weighted by Gasteiger charge is 2.22. The largest absolute Gasteiger partial charge is 0.229 e. The summed E-state index contributed by atoms with van der Waals surface area (Å²) in [5.41, 5.74) is 0. The highest BCUT2D eigenvalue weighted by molar-refractivity contribution is 7.91. The summed E-state index contributed by atoms with van der Waals surface area (Å²) in [6, 6.07) is 0. The van der Waals surface area contributed by atoms with E-state index in [2.05, 4.69) is 13.8 Å². The summed E-state index contributed by atoms with van der Waals surface area (Å²) < 4.78 is 22.5. The summed E-state index contributed by atoms with van der Waals surface area (Å²) in [5.74, 6) is 2.09. The number of sulfone groups is 1. The minimum Gasteiger partial charge on any atom is -0.229 e. The van der Waals surface area contributed by atoms with Crippen molar-refractivity contribution in [3.63, 3.8) is 0 Å². The van der Waals surface area contributed by atoms with E-state index in [1.165, 1.54) is 0 Å². The van der Waals surface area contributed by atoms with Crippen molar-refractivity contribution in [2.24, 2.45) is 11.8 Å². The van der Waals surface area contributed by atoms with Crippen LogP contribution in [0.3, 0.4) is 0 Å². The summed E-state index contributed by atoms with van der Waals surface area (Å²) in [5, 5.41) is 0. The molecule has 0 aromatic rings. The maximum absolute atomic E-state index is 11.2. The fourth-order valence-corrected chi connectivity index (χ4v) is 3.28. The lowest BCUT2D eigenvalue weighted by atomic mass is 9.89. The van der Waals surface area contributed by atoms with Crippen LogP contribution < -0.4 is 0 Å². The molecule has 72 valence electrons. The predicted molar refractivity (Wildman–Crippen MR) is 50.8 cm³/mol. The summed E-state index contributed by atoms with van der Waals surface area (Å²) in [6.07, 6.45) is 2.84. The van der Waals surface area contributed by atoms with Crippen LogP contribution in [0.1, 0.15) is 33.1 Å². The summed E-state index contributed by atoms with van der Waals surface area (Å²) in [4.78, 5) is 0. The van der Waals surface area contributed by atoms with Crippen LogP contribution in [0.15, 0.2) is 0 Å². The Morgan fingerprint density at radius 2 is 1.83 bits per heavy atom. The normalized spacial score (nSPS) is 30.1. The Bertz CT molecular complexity index is 229. The molecule has 1 heterocycles. The van der Waals surface area contributed by atoms with Crippen LogP contribution in [-0.4, -0.2) is 19.9 Å².